The largest absolute Gasteiger partial charge is 0.290 e. The molecule has 1 saturated heterocycles. The fourth-order valence-electron chi connectivity index (χ4n) is 5.61. The van der Waals surface area contributed by atoms with Crippen molar-refractivity contribution in [3.63, 3.8) is 0 Å². The first-order valence-electron chi connectivity index (χ1n) is 10.4. The van der Waals surface area contributed by atoms with Crippen LogP contribution < -0.4 is 0 Å². The minimum Gasteiger partial charge on any atom is -0.290 e. The average Bonchev–Trinajstić information content (AvgIpc) is 2.83. The molecule has 1 heteroatoms. The Morgan fingerprint density at radius 1 is 1.04 bits per heavy atom. The molecule has 1 aliphatic carbocycles. The van der Waals surface area contributed by atoms with Crippen LogP contribution in [0.5, 0.6) is 0 Å². The van der Waals surface area contributed by atoms with Crippen molar-refractivity contribution in [3.8, 4) is 0 Å². The molecule has 1 aromatic carbocycles. The summed E-state index contributed by atoms with van der Waals surface area (Å²) in [6, 6.07) is 7.68. The second-order valence-electron chi connectivity index (χ2n) is 9.55. The molecule has 0 N–H and O–H groups in total. The zero-order valence-electron chi connectivity index (χ0n) is 17.9. The molecular weight excluding hydrogens is 314 g/mol. The van der Waals surface area contributed by atoms with Crippen molar-refractivity contribution in [1.82, 2.24) is 4.90 Å². The maximum Gasteiger partial charge on any atom is 0.0378 e. The van der Waals surface area contributed by atoms with Gasteiger partial charge in [-0.2, -0.15) is 0 Å². The highest BCUT2D eigenvalue weighted by Gasteiger charge is 2.50. The Morgan fingerprint density at radius 3 is 2.27 bits per heavy atom. The summed E-state index contributed by atoms with van der Waals surface area (Å²) in [4.78, 5) is 2.83. The highest BCUT2D eigenvalue weighted by atomic mass is 15.3. The summed E-state index contributed by atoms with van der Waals surface area (Å²) in [5.41, 5.74) is 6.34. The van der Waals surface area contributed by atoms with Crippen LogP contribution in [-0.2, 0) is 5.41 Å². The van der Waals surface area contributed by atoms with Crippen molar-refractivity contribution in [2.24, 2.45) is 5.92 Å². The molecule has 1 nitrogen and oxygen atoms in total. The predicted octanol–water partition coefficient (Wildman–Crippen LogP) is 6.35. The van der Waals surface area contributed by atoms with Gasteiger partial charge in [-0.3, -0.25) is 4.90 Å². The van der Waals surface area contributed by atoms with E-state index in [-0.39, 0.29) is 11.0 Å². The lowest BCUT2D eigenvalue weighted by molar-refractivity contribution is 0.104. The summed E-state index contributed by atoms with van der Waals surface area (Å²) in [5.74, 6) is 0.635. The number of rotatable bonds is 4. The summed E-state index contributed by atoms with van der Waals surface area (Å²) in [6.45, 7) is 17.7. The molecule has 3 atom stereocenters. The Hall–Kier alpha value is -1.34. The van der Waals surface area contributed by atoms with Gasteiger partial charge in [-0.1, -0.05) is 73.9 Å². The van der Waals surface area contributed by atoms with Crippen LogP contribution in [0.2, 0.25) is 0 Å². The Bertz CT molecular complexity index is 703. The van der Waals surface area contributed by atoms with Crippen molar-refractivity contribution >= 4 is 0 Å². The highest BCUT2D eigenvalue weighted by molar-refractivity contribution is 5.37. The first-order valence-corrected chi connectivity index (χ1v) is 10.4. The molecule has 0 amide bonds. The summed E-state index contributed by atoms with van der Waals surface area (Å²) in [7, 11) is 0. The maximum absolute atomic E-state index is 2.83. The minimum atomic E-state index is 0.212. The van der Waals surface area contributed by atoms with Crippen LogP contribution in [0.1, 0.15) is 70.6 Å². The second kappa shape index (κ2) is 7.00. The molecule has 3 unspecified atom stereocenters. The van der Waals surface area contributed by atoms with Crippen molar-refractivity contribution in [2.45, 2.75) is 84.7 Å². The molecule has 26 heavy (non-hydrogen) atoms. The van der Waals surface area contributed by atoms with E-state index >= 15 is 0 Å². The normalized spacial score (nSPS) is 31.3. The predicted molar refractivity (Wildman–Crippen MR) is 114 cm³/mol. The molecular formula is C25H37N. The van der Waals surface area contributed by atoms with Gasteiger partial charge in [-0.05, 0) is 58.4 Å². The smallest absolute Gasteiger partial charge is 0.0378 e. The Balaban J connectivity index is 1.99. The van der Waals surface area contributed by atoms with Crippen LogP contribution in [0.25, 0.3) is 0 Å². The summed E-state index contributed by atoms with van der Waals surface area (Å²) < 4.78 is 0. The van der Waals surface area contributed by atoms with Crippen LogP contribution in [0.3, 0.4) is 0 Å². The molecule has 0 bridgehead atoms. The van der Waals surface area contributed by atoms with Gasteiger partial charge in [0.2, 0.25) is 0 Å². The lowest BCUT2D eigenvalue weighted by Gasteiger charge is -2.43. The van der Waals surface area contributed by atoms with E-state index in [0.717, 1.165) is 13.0 Å². The quantitative estimate of drug-likeness (QED) is 0.611. The van der Waals surface area contributed by atoms with E-state index in [1.165, 1.54) is 29.5 Å². The highest BCUT2D eigenvalue weighted by Crippen LogP contribution is 2.47. The van der Waals surface area contributed by atoms with Crippen LogP contribution >= 0.6 is 0 Å². The Morgan fingerprint density at radius 2 is 1.69 bits per heavy atom. The van der Waals surface area contributed by atoms with Gasteiger partial charge in [0.15, 0.2) is 0 Å². The average molecular weight is 352 g/mol. The van der Waals surface area contributed by atoms with E-state index in [2.05, 4.69) is 89.8 Å². The molecule has 0 saturated carbocycles. The fraction of sp³-hybridized carbons (Fsp3) is 0.600. The van der Waals surface area contributed by atoms with Crippen molar-refractivity contribution < 1.29 is 0 Å². The van der Waals surface area contributed by atoms with E-state index in [1.807, 2.05) is 0 Å². The summed E-state index contributed by atoms with van der Waals surface area (Å²) >= 11 is 0. The third kappa shape index (κ3) is 3.43. The molecule has 1 heterocycles. The SMILES string of the molecule is CCC1=CC=CC(CC)C1N1CC(C)(c2cc(C)cc(C)c2)CC1(C)C. The number of aryl methyl sites for hydroxylation is 2. The molecule has 3 rings (SSSR count). The third-order valence-electron chi connectivity index (χ3n) is 6.71. The zero-order chi connectivity index (χ0) is 19.1. The Labute approximate surface area is 161 Å². The van der Waals surface area contributed by atoms with Gasteiger partial charge in [0.1, 0.15) is 0 Å². The van der Waals surface area contributed by atoms with Crippen LogP contribution in [0, 0.1) is 19.8 Å². The number of likely N-dealkylation sites (tertiary alicyclic amines) is 1. The molecule has 1 aromatic rings. The number of benzene rings is 1. The number of hydrogen-bond acceptors (Lipinski definition) is 1. The van der Waals surface area contributed by atoms with Crippen molar-refractivity contribution in [3.05, 3.63) is 58.7 Å². The zero-order valence-corrected chi connectivity index (χ0v) is 17.9. The topological polar surface area (TPSA) is 3.24 Å². The standard InChI is InChI=1S/C25H37N/c1-8-20-11-10-12-21(9-2)23(20)26-17-25(7,16-24(26,5)6)22-14-18(3)13-19(4)15-22/h10-15,20,23H,8-9,16-17H2,1-7H3. The fourth-order valence-corrected chi connectivity index (χ4v) is 5.61. The lowest BCUT2D eigenvalue weighted by Crippen LogP contribution is -2.50. The van der Waals surface area contributed by atoms with E-state index in [1.54, 1.807) is 5.57 Å². The van der Waals surface area contributed by atoms with Crippen LogP contribution in [0.15, 0.2) is 42.0 Å². The molecule has 142 valence electrons. The van der Waals surface area contributed by atoms with Crippen molar-refractivity contribution in [2.75, 3.05) is 6.54 Å². The summed E-state index contributed by atoms with van der Waals surface area (Å²) in [5, 5.41) is 0. The number of allylic oxidation sites excluding steroid dienone is 2. The number of nitrogens with zero attached hydrogens (tertiary/aromatic N) is 1. The van der Waals surface area contributed by atoms with Gasteiger partial charge >= 0.3 is 0 Å². The number of hydrogen-bond donors (Lipinski definition) is 0. The third-order valence-corrected chi connectivity index (χ3v) is 6.71. The lowest BCUT2D eigenvalue weighted by atomic mass is 9.77. The van der Waals surface area contributed by atoms with E-state index in [4.69, 9.17) is 0 Å². The molecule has 0 radical (unpaired) electrons. The van der Waals surface area contributed by atoms with Gasteiger partial charge in [-0.25, -0.2) is 0 Å². The molecule has 0 aromatic heterocycles. The molecule has 2 aliphatic rings. The van der Waals surface area contributed by atoms with Crippen LogP contribution in [-0.4, -0.2) is 23.0 Å². The van der Waals surface area contributed by atoms with Gasteiger partial charge in [0.25, 0.3) is 0 Å². The van der Waals surface area contributed by atoms with Gasteiger partial charge in [0, 0.05) is 23.5 Å². The second-order valence-corrected chi connectivity index (χ2v) is 9.55. The first kappa shape index (κ1) is 19.4. The maximum atomic E-state index is 2.83. The monoisotopic (exact) mass is 351 g/mol. The minimum absolute atomic E-state index is 0.212. The Kier molecular flexibility index (Phi) is 5.23. The molecule has 0 spiro atoms. The van der Waals surface area contributed by atoms with E-state index in [0.29, 0.717) is 12.0 Å². The van der Waals surface area contributed by atoms with E-state index < -0.39 is 0 Å². The van der Waals surface area contributed by atoms with Gasteiger partial charge < -0.3 is 0 Å². The first-order chi connectivity index (χ1) is 12.2. The van der Waals surface area contributed by atoms with Crippen molar-refractivity contribution in [1.29, 1.82) is 0 Å². The molecule has 1 fully saturated rings. The van der Waals surface area contributed by atoms with Gasteiger partial charge in [-0.15, -0.1) is 0 Å². The van der Waals surface area contributed by atoms with Gasteiger partial charge in [0.05, 0.1) is 0 Å². The van der Waals surface area contributed by atoms with Crippen LogP contribution in [0.4, 0.5) is 0 Å². The molecule has 1 aliphatic heterocycles. The van der Waals surface area contributed by atoms with E-state index in [9.17, 15) is 0 Å². The summed E-state index contributed by atoms with van der Waals surface area (Å²) in [6.07, 6.45) is 10.7.